The Morgan fingerprint density at radius 3 is 2.24 bits per heavy atom. The molecule has 1 radical (unpaired) electrons. The van der Waals surface area contributed by atoms with Crippen molar-refractivity contribution in [1.29, 1.82) is 0 Å². The van der Waals surface area contributed by atoms with Crippen molar-refractivity contribution >= 4 is 5.69 Å². The van der Waals surface area contributed by atoms with Crippen molar-refractivity contribution in [3.8, 4) is 0 Å². The molecule has 0 saturated heterocycles. The van der Waals surface area contributed by atoms with E-state index < -0.39 is 0 Å². The molecule has 0 aromatic heterocycles. The fraction of sp³-hybridized carbons (Fsp3) is 0.250. The minimum absolute atomic E-state index is 0.968. The maximum atomic E-state index is 3.40. The molecular formula is C16H18N. The van der Waals surface area contributed by atoms with E-state index in [9.17, 15) is 0 Å². The molecule has 2 aromatic rings. The van der Waals surface area contributed by atoms with Gasteiger partial charge < -0.3 is 5.32 Å². The van der Waals surface area contributed by atoms with Crippen LogP contribution in [0.15, 0.2) is 48.5 Å². The highest BCUT2D eigenvalue weighted by Crippen LogP contribution is 2.08. The van der Waals surface area contributed by atoms with Crippen molar-refractivity contribution in [2.45, 2.75) is 19.8 Å². The van der Waals surface area contributed by atoms with E-state index in [0.29, 0.717) is 0 Å². The number of nitrogens with one attached hydrogen (secondary N) is 1. The number of aryl methyl sites for hydroxylation is 1. The molecule has 0 aliphatic rings. The zero-order chi connectivity index (χ0) is 11.9. The molecular weight excluding hydrogens is 206 g/mol. The first kappa shape index (κ1) is 11.7. The molecule has 0 aliphatic heterocycles. The Morgan fingerprint density at radius 1 is 0.941 bits per heavy atom. The van der Waals surface area contributed by atoms with E-state index in [4.69, 9.17) is 0 Å². The highest BCUT2D eigenvalue weighted by Gasteiger charge is 1.94. The van der Waals surface area contributed by atoms with Gasteiger partial charge in [0.2, 0.25) is 0 Å². The summed E-state index contributed by atoms with van der Waals surface area (Å²) in [5.74, 6) is 0. The van der Waals surface area contributed by atoms with Gasteiger partial charge in [0, 0.05) is 12.2 Å². The van der Waals surface area contributed by atoms with Crippen molar-refractivity contribution in [1.82, 2.24) is 0 Å². The molecule has 0 unspecified atom stereocenters. The molecule has 1 N–H and O–H groups in total. The zero-order valence-electron chi connectivity index (χ0n) is 10.2. The Bertz CT molecular complexity index is 431. The van der Waals surface area contributed by atoms with Crippen LogP contribution in [-0.2, 0) is 12.8 Å². The van der Waals surface area contributed by atoms with Crippen LogP contribution in [-0.4, -0.2) is 6.54 Å². The smallest absolute Gasteiger partial charge is 0.0340 e. The van der Waals surface area contributed by atoms with Gasteiger partial charge in [-0.2, -0.15) is 0 Å². The van der Waals surface area contributed by atoms with Crippen LogP contribution in [0.3, 0.4) is 0 Å². The predicted octanol–water partition coefficient (Wildman–Crippen LogP) is 3.70. The Morgan fingerprint density at radius 2 is 1.59 bits per heavy atom. The average Bonchev–Trinajstić information content (AvgIpc) is 2.41. The standard InChI is InChI=1S/C16H18N/c1-2-14-8-10-15(11-9-14)12-13-17-16-6-4-3-5-7-16/h4-11,17H,2,12-13H2,1H3. The summed E-state index contributed by atoms with van der Waals surface area (Å²) in [6.07, 6.45) is 2.17. The second kappa shape index (κ2) is 6.09. The maximum Gasteiger partial charge on any atom is 0.0340 e. The third-order valence-electron chi connectivity index (χ3n) is 2.89. The first-order chi connectivity index (χ1) is 8.38. The lowest BCUT2D eigenvalue weighted by Gasteiger charge is -2.06. The van der Waals surface area contributed by atoms with Gasteiger partial charge in [0.15, 0.2) is 0 Å². The minimum Gasteiger partial charge on any atom is -0.385 e. The van der Waals surface area contributed by atoms with Crippen molar-refractivity contribution in [3.05, 3.63) is 65.7 Å². The van der Waals surface area contributed by atoms with Gasteiger partial charge in [-0.1, -0.05) is 43.3 Å². The predicted molar refractivity (Wildman–Crippen MR) is 73.3 cm³/mol. The van der Waals surface area contributed by atoms with Crippen LogP contribution in [0.2, 0.25) is 0 Å². The van der Waals surface area contributed by atoms with Crippen LogP contribution in [0, 0.1) is 6.07 Å². The first-order valence-corrected chi connectivity index (χ1v) is 6.16. The van der Waals surface area contributed by atoms with Gasteiger partial charge in [-0.25, -0.2) is 0 Å². The number of hydrogen-bond donors (Lipinski definition) is 1. The van der Waals surface area contributed by atoms with E-state index in [-0.39, 0.29) is 0 Å². The molecule has 2 aromatic carbocycles. The van der Waals surface area contributed by atoms with Crippen molar-refractivity contribution in [3.63, 3.8) is 0 Å². The maximum absolute atomic E-state index is 3.40. The Hall–Kier alpha value is -1.76. The molecule has 0 aliphatic carbocycles. The van der Waals surface area contributed by atoms with Crippen LogP contribution in [0.5, 0.6) is 0 Å². The highest BCUT2D eigenvalue weighted by atomic mass is 14.9. The molecule has 1 nitrogen and oxygen atoms in total. The van der Waals surface area contributed by atoms with Crippen LogP contribution in [0.4, 0.5) is 5.69 Å². The van der Waals surface area contributed by atoms with Crippen LogP contribution >= 0.6 is 0 Å². The summed E-state index contributed by atoms with van der Waals surface area (Å²) < 4.78 is 0. The molecule has 0 amide bonds. The first-order valence-electron chi connectivity index (χ1n) is 6.16. The fourth-order valence-corrected chi connectivity index (χ4v) is 1.80. The summed E-state index contributed by atoms with van der Waals surface area (Å²) in [6.45, 7) is 3.15. The monoisotopic (exact) mass is 224 g/mol. The lowest BCUT2D eigenvalue weighted by molar-refractivity contribution is 1.01. The summed E-state index contributed by atoms with van der Waals surface area (Å²) in [6, 6.07) is 19.8. The largest absolute Gasteiger partial charge is 0.385 e. The van der Waals surface area contributed by atoms with Crippen LogP contribution < -0.4 is 5.32 Å². The third kappa shape index (κ3) is 3.63. The topological polar surface area (TPSA) is 12.0 Å². The number of benzene rings is 2. The van der Waals surface area contributed by atoms with Gasteiger partial charge in [0.25, 0.3) is 0 Å². The van der Waals surface area contributed by atoms with Gasteiger partial charge in [0.05, 0.1) is 0 Å². The second-order valence-corrected chi connectivity index (χ2v) is 4.14. The van der Waals surface area contributed by atoms with Crippen molar-refractivity contribution in [2.24, 2.45) is 0 Å². The lowest BCUT2D eigenvalue weighted by atomic mass is 10.1. The van der Waals surface area contributed by atoms with Gasteiger partial charge in [0.1, 0.15) is 0 Å². The highest BCUT2D eigenvalue weighted by molar-refractivity contribution is 5.42. The molecule has 87 valence electrons. The van der Waals surface area contributed by atoms with Gasteiger partial charge in [-0.3, -0.25) is 0 Å². The second-order valence-electron chi connectivity index (χ2n) is 4.14. The van der Waals surface area contributed by atoms with E-state index in [1.807, 2.05) is 24.3 Å². The van der Waals surface area contributed by atoms with Crippen LogP contribution in [0.25, 0.3) is 0 Å². The normalized spacial score (nSPS) is 10.2. The van der Waals surface area contributed by atoms with E-state index >= 15 is 0 Å². The van der Waals surface area contributed by atoms with Crippen molar-refractivity contribution in [2.75, 3.05) is 11.9 Å². The third-order valence-corrected chi connectivity index (χ3v) is 2.89. The summed E-state index contributed by atoms with van der Waals surface area (Å²) in [5, 5.41) is 3.40. The van der Waals surface area contributed by atoms with E-state index in [1.54, 1.807) is 0 Å². The SMILES string of the molecule is CCc1ccc(CCNc2cc[c]cc2)cc1. The number of hydrogen-bond acceptors (Lipinski definition) is 1. The van der Waals surface area contributed by atoms with Gasteiger partial charge >= 0.3 is 0 Å². The molecule has 0 bridgehead atoms. The van der Waals surface area contributed by atoms with E-state index in [0.717, 1.165) is 25.1 Å². The summed E-state index contributed by atoms with van der Waals surface area (Å²) in [4.78, 5) is 0. The zero-order valence-corrected chi connectivity index (χ0v) is 10.2. The molecule has 0 spiro atoms. The molecule has 0 fully saturated rings. The molecule has 0 atom stereocenters. The van der Waals surface area contributed by atoms with E-state index in [2.05, 4.69) is 42.6 Å². The molecule has 0 heterocycles. The quantitative estimate of drug-likeness (QED) is 0.816. The lowest BCUT2D eigenvalue weighted by Crippen LogP contribution is -2.04. The summed E-state index contributed by atoms with van der Waals surface area (Å²) >= 11 is 0. The fourth-order valence-electron chi connectivity index (χ4n) is 1.80. The van der Waals surface area contributed by atoms with Crippen LogP contribution in [0.1, 0.15) is 18.1 Å². The van der Waals surface area contributed by atoms with Gasteiger partial charge in [-0.05, 0) is 42.2 Å². The minimum atomic E-state index is 0.968. The molecule has 0 saturated carbocycles. The summed E-state index contributed by atoms with van der Waals surface area (Å²) in [7, 11) is 0. The Balaban J connectivity index is 1.82. The Kier molecular flexibility index (Phi) is 4.20. The van der Waals surface area contributed by atoms with Gasteiger partial charge in [-0.15, -0.1) is 0 Å². The summed E-state index contributed by atoms with van der Waals surface area (Å²) in [5.41, 5.74) is 3.95. The number of anilines is 1. The Labute approximate surface area is 103 Å². The average molecular weight is 224 g/mol. The van der Waals surface area contributed by atoms with E-state index in [1.165, 1.54) is 11.1 Å². The molecule has 17 heavy (non-hydrogen) atoms. The van der Waals surface area contributed by atoms with Crippen molar-refractivity contribution < 1.29 is 0 Å². The molecule has 1 heteroatoms. The number of rotatable bonds is 5. The molecule has 2 rings (SSSR count).